The third kappa shape index (κ3) is 3.59. The fourth-order valence-electron chi connectivity index (χ4n) is 2.23. The van der Waals surface area contributed by atoms with Gasteiger partial charge in [0.15, 0.2) is 0 Å². The lowest BCUT2D eigenvalue weighted by Crippen LogP contribution is -2.40. The van der Waals surface area contributed by atoms with Gasteiger partial charge in [0.25, 0.3) is 0 Å². The predicted molar refractivity (Wildman–Crippen MR) is 78.8 cm³/mol. The van der Waals surface area contributed by atoms with Crippen molar-refractivity contribution in [2.75, 3.05) is 6.61 Å². The normalized spacial score (nSPS) is 21.1. The maximum absolute atomic E-state index is 12.4. The van der Waals surface area contributed by atoms with E-state index in [1.54, 1.807) is 19.1 Å². The maximum Gasteiger partial charge on any atom is 0.242 e. The average molecular weight is 364 g/mol. The summed E-state index contributed by atoms with van der Waals surface area (Å²) in [5.74, 6) is 0. The SMILES string of the molecule is CC(NS(=O)(=O)c1cc(CO)ccc1Br)C1CCCO1. The standard InChI is InChI=1S/C13H18BrNO4S/c1-9(12-3-2-6-19-12)15-20(17,18)13-7-10(8-16)4-5-11(13)14/h4-5,7,9,12,15-16H,2-3,6,8H2,1H3. The number of sulfonamides is 1. The number of benzene rings is 1. The number of halogens is 1. The van der Waals surface area contributed by atoms with E-state index in [0.29, 0.717) is 16.6 Å². The van der Waals surface area contributed by atoms with Crippen LogP contribution >= 0.6 is 15.9 Å². The molecule has 0 aliphatic carbocycles. The van der Waals surface area contributed by atoms with Crippen LogP contribution in [-0.2, 0) is 21.4 Å². The van der Waals surface area contributed by atoms with Gasteiger partial charge in [0.1, 0.15) is 0 Å². The van der Waals surface area contributed by atoms with Crippen molar-refractivity contribution in [3.05, 3.63) is 28.2 Å². The Morgan fingerprint density at radius 1 is 1.55 bits per heavy atom. The number of hydrogen-bond acceptors (Lipinski definition) is 4. The summed E-state index contributed by atoms with van der Waals surface area (Å²) in [5.41, 5.74) is 0.554. The van der Waals surface area contributed by atoms with Gasteiger partial charge in [-0.05, 0) is 53.4 Å². The molecule has 1 aromatic rings. The highest BCUT2D eigenvalue weighted by Crippen LogP contribution is 2.24. The second kappa shape index (κ2) is 6.53. The minimum atomic E-state index is -3.65. The van der Waals surface area contributed by atoms with E-state index in [1.807, 2.05) is 0 Å². The first-order valence-electron chi connectivity index (χ1n) is 6.47. The fraction of sp³-hybridized carbons (Fsp3) is 0.538. The van der Waals surface area contributed by atoms with Gasteiger partial charge in [-0.15, -0.1) is 0 Å². The van der Waals surface area contributed by atoms with Crippen LogP contribution in [0.1, 0.15) is 25.3 Å². The first-order valence-corrected chi connectivity index (χ1v) is 8.75. The molecule has 0 amide bonds. The summed E-state index contributed by atoms with van der Waals surface area (Å²) in [5, 5.41) is 9.12. The van der Waals surface area contributed by atoms with Crippen molar-refractivity contribution in [1.29, 1.82) is 0 Å². The molecule has 7 heteroatoms. The van der Waals surface area contributed by atoms with E-state index in [1.165, 1.54) is 6.07 Å². The Balaban J connectivity index is 2.21. The van der Waals surface area contributed by atoms with Crippen LogP contribution in [0.3, 0.4) is 0 Å². The van der Waals surface area contributed by atoms with E-state index in [9.17, 15) is 8.42 Å². The van der Waals surface area contributed by atoms with Crippen molar-refractivity contribution in [2.24, 2.45) is 0 Å². The second-order valence-corrected chi connectivity index (χ2v) is 7.42. The smallest absolute Gasteiger partial charge is 0.242 e. The zero-order valence-electron chi connectivity index (χ0n) is 11.2. The largest absolute Gasteiger partial charge is 0.392 e. The van der Waals surface area contributed by atoms with E-state index in [-0.39, 0.29) is 23.6 Å². The van der Waals surface area contributed by atoms with Crippen LogP contribution in [0.5, 0.6) is 0 Å². The molecule has 0 aromatic heterocycles. The quantitative estimate of drug-likeness (QED) is 0.835. The number of aliphatic hydroxyl groups is 1. The number of aliphatic hydroxyl groups excluding tert-OH is 1. The molecule has 5 nitrogen and oxygen atoms in total. The number of rotatable bonds is 5. The zero-order valence-corrected chi connectivity index (χ0v) is 13.6. The van der Waals surface area contributed by atoms with Crippen molar-refractivity contribution in [3.8, 4) is 0 Å². The fourth-order valence-corrected chi connectivity index (χ4v) is 4.52. The minimum Gasteiger partial charge on any atom is -0.392 e. The van der Waals surface area contributed by atoms with Gasteiger partial charge in [0.2, 0.25) is 10.0 Å². The van der Waals surface area contributed by atoms with Gasteiger partial charge in [-0.2, -0.15) is 0 Å². The van der Waals surface area contributed by atoms with E-state index in [0.717, 1.165) is 12.8 Å². The summed E-state index contributed by atoms with van der Waals surface area (Å²) in [6.07, 6.45) is 1.74. The number of hydrogen-bond donors (Lipinski definition) is 2. The molecule has 20 heavy (non-hydrogen) atoms. The van der Waals surface area contributed by atoms with Gasteiger partial charge >= 0.3 is 0 Å². The van der Waals surface area contributed by atoms with Crippen molar-refractivity contribution in [3.63, 3.8) is 0 Å². The van der Waals surface area contributed by atoms with Crippen molar-refractivity contribution < 1.29 is 18.3 Å². The molecule has 2 rings (SSSR count). The number of ether oxygens (including phenoxy) is 1. The molecule has 1 heterocycles. The Bertz CT molecular complexity index is 570. The van der Waals surface area contributed by atoms with Crippen LogP contribution < -0.4 is 4.72 Å². The Labute approximate surface area is 127 Å². The van der Waals surface area contributed by atoms with Gasteiger partial charge in [0, 0.05) is 17.1 Å². The van der Waals surface area contributed by atoms with E-state index in [4.69, 9.17) is 9.84 Å². The molecule has 2 atom stereocenters. The molecule has 0 spiro atoms. The topological polar surface area (TPSA) is 75.6 Å². The van der Waals surface area contributed by atoms with Crippen LogP contribution in [0.25, 0.3) is 0 Å². The van der Waals surface area contributed by atoms with Gasteiger partial charge in [-0.3, -0.25) is 0 Å². The zero-order chi connectivity index (χ0) is 14.8. The summed E-state index contributed by atoms with van der Waals surface area (Å²) >= 11 is 3.24. The van der Waals surface area contributed by atoms with Crippen LogP contribution in [0.2, 0.25) is 0 Å². The van der Waals surface area contributed by atoms with Crippen molar-refractivity contribution >= 4 is 26.0 Å². The van der Waals surface area contributed by atoms with Crippen molar-refractivity contribution in [2.45, 2.75) is 43.4 Å². The summed E-state index contributed by atoms with van der Waals surface area (Å²) in [4.78, 5) is 0.133. The Morgan fingerprint density at radius 3 is 2.90 bits per heavy atom. The molecule has 1 fully saturated rings. The monoisotopic (exact) mass is 363 g/mol. The molecular weight excluding hydrogens is 346 g/mol. The van der Waals surface area contributed by atoms with E-state index in [2.05, 4.69) is 20.7 Å². The third-order valence-corrected chi connectivity index (χ3v) is 5.88. The molecular formula is C13H18BrNO4S. The third-order valence-electron chi connectivity index (χ3n) is 3.33. The van der Waals surface area contributed by atoms with Crippen LogP contribution in [-0.4, -0.2) is 32.3 Å². The summed E-state index contributed by atoms with van der Waals surface area (Å²) in [6.45, 7) is 2.29. The summed E-state index contributed by atoms with van der Waals surface area (Å²) < 4.78 is 33.4. The van der Waals surface area contributed by atoms with Gasteiger partial charge in [0.05, 0.1) is 17.6 Å². The molecule has 0 radical (unpaired) electrons. The molecule has 0 bridgehead atoms. The van der Waals surface area contributed by atoms with Crippen LogP contribution in [0.4, 0.5) is 0 Å². The Kier molecular flexibility index (Phi) is 5.19. The summed E-state index contributed by atoms with van der Waals surface area (Å²) in [7, 11) is -3.65. The highest BCUT2D eigenvalue weighted by molar-refractivity contribution is 9.10. The van der Waals surface area contributed by atoms with Gasteiger partial charge in [-0.1, -0.05) is 6.07 Å². The van der Waals surface area contributed by atoms with Gasteiger partial charge < -0.3 is 9.84 Å². The molecule has 112 valence electrons. The maximum atomic E-state index is 12.4. The molecule has 2 N–H and O–H groups in total. The average Bonchev–Trinajstić information content (AvgIpc) is 2.92. The van der Waals surface area contributed by atoms with Crippen LogP contribution in [0.15, 0.2) is 27.6 Å². The molecule has 0 saturated carbocycles. The first kappa shape index (κ1) is 15.9. The molecule has 1 saturated heterocycles. The van der Waals surface area contributed by atoms with E-state index < -0.39 is 10.0 Å². The van der Waals surface area contributed by atoms with E-state index >= 15 is 0 Å². The molecule has 2 unspecified atom stereocenters. The molecule has 1 aromatic carbocycles. The lowest BCUT2D eigenvalue weighted by atomic mass is 10.1. The first-order chi connectivity index (χ1) is 9.44. The summed E-state index contributed by atoms with van der Waals surface area (Å²) in [6, 6.07) is 4.48. The Morgan fingerprint density at radius 2 is 2.30 bits per heavy atom. The second-order valence-electron chi connectivity index (χ2n) is 4.88. The Hall–Kier alpha value is -0.470. The highest BCUT2D eigenvalue weighted by atomic mass is 79.9. The van der Waals surface area contributed by atoms with Crippen molar-refractivity contribution in [1.82, 2.24) is 4.72 Å². The lowest BCUT2D eigenvalue weighted by molar-refractivity contribution is 0.0902. The molecule has 1 aliphatic rings. The predicted octanol–water partition coefficient (Wildman–Crippen LogP) is 1.79. The molecule has 1 aliphatic heterocycles. The minimum absolute atomic E-state index is 0.0791. The highest BCUT2D eigenvalue weighted by Gasteiger charge is 2.28. The number of nitrogens with one attached hydrogen (secondary N) is 1. The van der Waals surface area contributed by atoms with Gasteiger partial charge in [-0.25, -0.2) is 13.1 Å². The van der Waals surface area contributed by atoms with Crippen LogP contribution in [0, 0.1) is 0 Å². The lowest BCUT2D eigenvalue weighted by Gasteiger charge is -2.20.